The van der Waals surface area contributed by atoms with Crippen LogP contribution < -0.4 is 15.2 Å². The average Bonchev–Trinajstić information content (AvgIpc) is 2.26. The molecule has 0 aromatic carbocycles. The quantitative estimate of drug-likeness (QED) is 0.504. The third-order valence-corrected chi connectivity index (χ3v) is 5.73. The number of hydrogen-bond donors (Lipinski definition) is 3. The molecule has 0 aliphatic carbocycles. The van der Waals surface area contributed by atoms with Crippen LogP contribution >= 0.6 is 12.4 Å². The van der Waals surface area contributed by atoms with Crippen LogP contribution in [0.15, 0.2) is 0 Å². The lowest BCUT2D eigenvalue weighted by atomic mass is 9.92. The van der Waals surface area contributed by atoms with Crippen molar-refractivity contribution in [2.75, 3.05) is 24.6 Å². The smallest absolute Gasteiger partial charge is 0.213 e. The number of halogens is 1. The van der Waals surface area contributed by atoms with Crippen LogP contribution in [0.1, 0.15) is 34.1 Å². The summed E-state index contributed by atoms with van der Waals surface area (Å²) in [4.78, 5) is 0. The second kappa shape index (κ2) is 9.26. The fourth-order valence-corrected chi connectivity index (χ4v) is 4.06. The van der Waals surface area contributed by atoms with E-state index in [0.717, 1.165) is 0 Å². The molecule has 0 saturated carbocycles. The van der Waals surface area contributed by atoms with E-state index in [4.69, 9.17) is 5.73 Å². The van der Waals surface area contributed by atoms with Crippen LogP contribution in [-0.4, -0.2) is 47.0 Å². The molecule has 0 bridgehead atoms. The Morgan fingerprint density at radius 3 is 2.05 bits per heavy atom. The van der Waals surface area contributed by atoms with Crippen molar-refractivity contribution in [3.8, 4) is 0 Å². The Morgan fingerprint density at radius 2 is 1.67 bits per heavy atom. The van der Waals surface area contributed by atoms with Gasteiger partial charge in [-0.2, -0.15) is 0 Å². The van der Waals surface area contributed by atoms with Crippen molar-refractivity contribution in [1.29, 1.82) is 0 Å². The molecule has 0 fully saturated rings. The van der Waals surface area contributed by atoms with Crippen LogP contribution in [0.3, 0.4) is 0 Å². The fraction of sp³-hybridized carbons (Fsp3) is 1.00. The summed E-state index contributed by atoms with van der Waals surface area (Å²) in [5, 5.41) is 0. The molecule has 21 heavy (non-hydrogen) atoms. The summed E-state index contributed by atoms with van der Waals surface area (Å²) < 4.78 is 51.2. The van der Waals surface area contributed by atoms with Crippen LogP contribution in [0.5, 0.6) is 0 Å². The van der Waals surface area contributed by atoms with E-state index in [9.17, 15) is 16.8 Å². The van der Waals surface area contributed by atoms with Crippen molar-refractivity contribution < 1.29 is 16.8 Å². The average molecular weight is 366 g/mol. The van der Waals surface area contributed by atoms with E-state index in [1.165, 1.54) is 6.92 Å². The minimum absolute atomic E-state index is 0. The fourth-order valence-electron chi connectivity index (χ4n) is 1.93. The van der Waals surface area contributed by atoms with Crippen LogP contribution in [0.25, 0.3) is 0 Å². The topological polar surface area (TPSA) is 118 Å². The van der Waals surface area contributed by atoms with Crippen molar-refractivity contribution in [2.45, 2.75) is 39.7 Å². The number of hydrogen-bond acceptors (Lipinski definition) is 5. The Hall–Kier alpha value is 0.0700. The zero-order valence-corrected chi connectivity index (χ0v) is 15.5. The normalized spacial score (nSPS) is 15.5. The summed E-state index contributed by atoms with van der Waals surface area (Å²) in [5.74, 6) is -0.0845. The van der Waals surface area contributed by atoms with Crippen molar-refractivity contribution >= 4 is 32.5 Å². The van der Waals surface area contributed by atoms with Gasteiger partial charge < -0.3 is 5.73 Å². The van der Waals surface area contributed by atoms with Gasteiger partial charge >= 0.3 is 0 Å². The second-order valence-electron chi connectivity index (χ2n) is 5.58. The first kappa shape index (κ1) is 23.3. The molecule has 1 unspecified atom stereocenters. The van der Waals surface area contributed by atoms with Gasteiger partial charge in [-0.15, -0.1) is 12.4 Å². The van der Waals surface area contributed by atoms with E-state index >= 15 is 0 Å². The maximum Gasteiger partial charge on any atom is 0.213 e. The zero-order valence-electron chi connectivity index (χ0n) is 13.0. The molecular weight excluding hydrogens is 338 g/mol. The maximum absolute atomic E-state index is 12.0. The lowest BCUT2D eigenvalue weighted by molar-refractivity contribution is 0.344. The second-order valence-corrected chi connectivity index (χ2v) is 9.52. The Kier molecular flexibility index (Phi) is 10.3. The number of rotatable bonds is 10. The third kappa shape index (κ3) is 10.4. The Balaban J connectivity index is 0. The van der Waals surface area contributed by atoms with Crippen LogP contribution in [0.2, 0.25) is 0 Å². The van der Waals surface area contributed by atoms with Crippen molar-refractivity contribution in [3.63, 3.8) is 0 Å². The van der Waals surface area contributed by atoms with Gasteiger partial charge in [-0.05, 0) is 26.2 Å². The molecule has 0 radical (unpaired) electrons. The maximum atomic E-state index is 12.0. The van der Waals surface area contributed by atoms with Crippen LogP contribution in [0.4, 0.5) is 0 Å². The van der Waals surface area contributed by atoms with Gasteiger partial charge in [0.2, 0.25) is 20.0 Å². The van der Waals surface area contributed by atoms with E-state index in [-0.39, 0.29) is 37.0 Å². The van der Waals surface area contributed by atoms with Crippen LogP contribution in [0, 0.1) is 5.92 Å². The highest BCUT2D eigenvalue weighted by Crippen LogP contribution is 2.16. The van der Waals surface area contributed by atoms with Crippen molar-refractivity contribution in [2.24, 2.45) is 11.7 Å². The van der Waals surface area contributed by atoms with E-state index in [1.807, 2.05) is 13.8 Å². The highest BCUT2D eigenvalue weighted by Gasteiger charge is 2.29. The van der Waals surface area contributed by atoms with Gasteiger partial charge in [0.1, 0.15) is 0 Å². The highest BCUT2D eigenvalue weighted by molar-refractivity contribution is 7.90. The van der Waals surface area contributed by atoms with Gasteiger partial charge in [0.15, 0.2) is 0 Å². The minimum Gasteiger partial charge on any atom is -0.329 e. The van der Waals surface area contributed by atoms with E-state index < -0.39 is 25.6 Å². The molecule has 7 nitrogen and oxygen atoms in total. The summed E-state index contributed by atoms with van der Waals surface area (Å²) in [7, 11) is -6.96. The van der Waals surface area contributed by atoms with E-state index in [1.54, 1.807) is 6.92 Å². The molecular formula is C11H28ClN3O4S2. The summed E-state index contributed by atoms with van der Waals surface area (Å²) in [6.45, 7) is 7.25. The molecule has 0 amide bonds. The first-order chi connectivity index (χ1) is 8.95. The van der Waals surface area contributed by atoms with Gasteiger partial charge in [-0.3, -0.25) is 0 Å². The van der Waals surface area contributed by atoms with E-state index in [0.29, 0.717) is 12.3 Å². The Morgan fingerprint density at radius 1 is 1.14 bits per heavy atom. The molecule has 4 N–H and O–H groups in total. The number of nitrogens with two attached hydrogens (primary N) is 1. The Labute approximate surface area is 135 Å². The third-order valence-electron chi connectivity index (χ3n) is 2.78. The summed E-state index contributed by atoms with van der Waals surface area (Å²) >= 11 is 0. The van der Waals surface area contributed by atoms with Gasteiger partial charge in [0.25, 0.3) is 0 Å². The first-order valence-corrected chi connectivity index (χ1v) is 9.95. The molecule has 1 atom stereocenters. The number of nitrogens with one attached hydrogen (secondary N) is 2. The van der Waals surface area contributed by atoms with Crippen molar-refractivity contribution in [3.05, 3.63) is 0 Å². The standard InChI is InChI=1S/C11H27N3O4S2.ClH/c1-5-19(15,16)13-6-7-20(17,18)14-11(4,9-12)8-10(2)3;/h10,13-14H,5-9,12H2,1-4H3;1H. The largest absolute Gasteiger partial charge is 0.329 e. The molecule has 0 saturated heterocycles. The molecule has 0 aromatic rings. The molecule has 10 heteroatoms. The molecule has 0 heterocycles. The predicted octanol–water partition coefficient (Wildman–Crippen LogP) is 0.0304. The summed E-state index contributed by atoms with van der Waals surface area (Å²) in [6, 6.07) is 0. The monoisotopic (exact) mass is 365 g/mol. The SMILES string of the molecule is CCS(=O)(=O)NCCS(=O)(=O)NC(C)(CN)CC(C)C.Cl. The molecule has 0 spiro atoms. The molecule has 0 aromatic heterocycles. The molecule has 0 rings (SSSR count). The lowest BCUT2D eigenvalue weighted by Crippen LogP contribution is -2.53. The predicted molar refractivity (Wildman–Crippen MR) is 88.5 cm³/mol. The van der Waals surface area contributed by atoms with Gasteiger partial charge in [0.05, 0.1) is 11.5 Å². The first-order valence-electron chi connectivity index (χ1n) is 6.64. The summed E-state index contributed by atoms with van der Waals surface area (Å²) in [6.07, 6.45) is 0.615. The Bertz CT molecular complexity index is 494. The van der Waals surface area contributed by atoms with Gasteiger partial charge in [-0.25, -0.2) is 26.3 Å². The summed E-state index contributed by atoms with van der Waals surface area (Å²) in [5.41, 5.74) is 4.93. The highest BCUT2D eigenvalue weighted by atomic mass is 35.5. The molecule has 0 aliphatic heterocycles. The van der Waals surface area contributed by atoms with Crippen molar-refractivity contribution in [1.82, 2.24) is 9.44 Å². The zero-order chi connectivity index (χ0) is 16.0. The van der Waals surface area contributed by atoms with Gasteiger partial charge in [0, 0.05) is 18.6 Å². The molecule has 0 aliphatic rings. The minimum atomic E-state index is -3.58. The van der Waals surface area contributed by atoms with Crippen LogP contribution in [-0.2, 0) is 20.0 Å². The molecule has 130 valence electrons. The van der Waals surface area contributed by atoms with Gasteiger partial charge in [-0.1, -0.05) is 13.8 Å². The number of sulfonamides is 2. The van der Waals surface area contributed by atoms with E-state index in [2.05, 4.69) is 9.44 Å². The lowest BCUT2D eigenvalue weighted by Gasteiger charge is -2.30.